The Labute approximate surface area is 413 Å². The molecule has 356 valence electrons. The first kappa shape index (κ1) is 49.3. The van der Waals surface area contributed by atoms with E-state index in [1.165, 1.54) is 18.5 Å². The molecule has 0 bridgehead atoms. The first-order valence-electron chi connectivity index (χ1n) is 23.4. The van der Waals surface area contributed by atoms with Crippen molar-refractivity contribution in [3.05, 3.63) is 122 Å². The van der Waals surface area contributed by atoms with Gasteiger partial charge in [-0.3, -0.25) is 24.7 Å². The quantitative estimate of drug-likeness (QED) is 0.129. The average Bonchev–Trinajstić information content (AvgIpc) is 3.89. The van der Waals surface area contributed by atoms with Gasteiger partial charge in [0.15, 0.2) is 5.82 Å². The summed E-state index contributed by atoms with van der Waals surface area (Å²) in [4.78, 5) is 31.3. The maximum Gasteiger partial charge on any atom is 0.206 e. The van der Waals surface area contributed by atoms with Crippen molar-refractivity contribution in [2.24, 2.45) is 0 Å². The van der Waals surface area contributed by atoms with Gasteiger partial charge in [-0.2, -0.15) is 5.10 Å². The Morgan fingerprint density at radius 1 is 0.642 bits per heavy atom. The van der Waals surface area contributed by atoms with E-state index in [1.807, 2.05) is 6.07 Å². The summed E-state index contributed by atoms with van der Waals surface area (Å²) in [7, 11) is 0. The first-order chi connectivity index (χ1) is 32.5. The van der Waals surface area contributed by atoms with E-state index in [2.05, 4.69) is 73.2 Å². The number of hydrogen-bond donors (Lipinski definition) is 1. The molecule has 18 heteroatoms. The minimum atomic E-state index is -0.224. The number of benzene rings is 2. The fourth-order valence-corrected chi connectivity index (χ4v) is 11.1. The predicted molar refractivity (Wildman–Crippen MR) is 266 cm³/mol. The number of nitrogens with zero attached hydrogens (tertiary/aromatic N) is 11. The lowest BCUT2D eigenvalue weighted by molar-refractivity contribution is 0.0607. The van der Waals surface area contributed by atoms with Crippen LogP contribution in [0.4, 0.5) is 26.1 Å². The van der Waals surface area contributed by atoms with E-state index >= 15 is 0 Å². The number of H-pyrrole nitrogens is 1. The highest BCUT2D eigenvalue weighted by atomic mass is 35.5. The maximum absolute atomic E-state index is 14.2. The van der Waals surface area contributed by atoms with Gasteiger partial charge in [0.2, 0.25) is 5.69 Å². The Hall–Kier alpha value is -4.17. The molecular weight excluding hydrogens is 936 g/mol. The fourth-order valence-electron chi connectivity index (χ4n) is 10.3. The molecule has 0 amide bonds. The van der Waals surface area contributed by atoms with Gasteiger partial charge in [-0.1, -0.05) is 72.4 Å². The lowest BCUT2D eigenvalue weighted by atomic mass is 9.97. The third kappa shape index (κ3) is 12.2. The molecule has 7 heterocycles. The van der Waals surface area contributed by atoms with Gasteiger partial charge >= 0.3 is 0 Å². The summed E-state index contributed by atoms with van der Waals surface area (Å²) in [5.41, 5.74) is 2.72. The van der Waals surface area contributed by atoms with E-state index < -0.39 is 0 Å². The molecular formula is C49H58Cl4F2N12. The molecule has 3 aromatic heterocycles. The lowest BCUT2D eigenvalue weighted by Crippen LogP contribution is -2.58. The standard InChI is InChI=1S/C25H30Cl2FN7.C24H28Cl2FN5/c1-2-20-15-34(25-22(27)11-18(13-29-25)24-30-16-31-32-24)9-10-35(20)21-5-7-33(8-6-21)14-17-3-4-19(26)12-23(17)28;1-3-20-16-31(24-22(26)13-19(28-2)14-29-24)10-11-32(20)21-6-8-30(9-7-21)15-17-4-5-18(25)12-23(17)27/h3-4,11-13,16,20-21H,2,5-10,14-15H2,1H3,(H,30,31,32);4-5,12-14,20-21H,3,6-11,15-16H2,1H3/t2*20-/m00/s1. The molecule has 4 saturated heterocycles. The number of anilines is 2. The highest BCUT2D eigenvalue weighted by Crippen LogP contribution is 2.34. The molecule has 12 nitrogen and oxygen atoms in total. The SMILES string of the molecule is CC[C@H]1CN(c2ncc(-c3ncn[nH]3)cc2Cl)CCN1C1CCN(Cc2ccc(Cl)cc2F)CC1.[C-]#[N+]c1cnc(N2CCN(C3CCN(Cc4ccc(Cl)cc4F)CC3)[C@@H](CC)C2)c(Cl)c1. The molecule has 4 aliphatic rings. The normalized spacial score (nSPS) is 20.7. The van der Waals surface area contributed by atoms with Crippen LogP contribution >= 0.6 is 46.4 Å². The van der Waals surface area contributed by atoms with Crippen LogP contribution in [0.25, 0.3) is 16.2 Å². The minimum Gasteiger partial charge on any atom is -0.353 e. The average molecular weight is 995 g/mol. The van der Waals surface area contributed by atoms with Crippen LogP contribution in [-0.4, -0.2) is 134 Å². The molecule has 0 radical (unpaired) electrons. The van der Waals surface area contributed by atoms with Crippen molar-refractivity contribution in [2.45, 2.75) is 89.6 Å². The number of aromatic nitrogens is 5. The van der Waals surface area contributed by atoms with Crippen molar-refractivity contribution in [3.8, 4) is 11.4 Å². The van der Waals surface area contributed by atoms with Gasteiger partial charge in [0, 0.05) is 116 Å². The zero-order chi connectivity index (χ0) is 47.0. The van der Waals surface area contributed by atoms with Crippen LogP contribution in [0.2, 0.25) is 20.1 Å². The van der Waals surface area contributed by atoms with Gasteiger partial charge in [-0.25, -0.2) is 28.6 Å². The largest absolute Gasteiger partial charge is 0.353 e. The summed E-state index contributed by atoms with van der Waals surface area (Å²) in [5.74, 6) is 1.82. The summed E-state index contributed by atoms with van der Waals surface area (Å²) >= 11 is 24.8. The highest BCUT2D eigenvalue weighted by Gasteiger charge is 2.36. The van der Waals surface area contributed by atoms with Crippen LogP contribution < -0.4 is 9.80 Å². The second-order valence-corrected chi connectivity index (χ2v) is 19.6. The third-order valence-electron chi connectivity index (χ3n) is 13.9. The zero-order valence-electron chi connectivity index (χ0n) is 38.1. The number of likely N-dealkylation sites (tertiary alicyclic amines) is 2. The molecule has 2 aromatic carbocycles. The third-order valence-corrected chi connectivity index (χ3v) is 14.9. The zero-order valence-corrected chi connectivity index (χ0v) is 41.1. The summed E-state index contributed by atoms with van der Waals surface area (Å²) in [6, 6.07) is 15.5. The monoisotopic (exact) mass is 992 g/mol. The molecule has 4 fully saturated rings. The van der Waals surface area contributed by atoms with Crippen LogP contribution in [-0.2, 0) is 13.1 Å². The van der Waals surface area contributed by atoms with Crippen molar-refractivity contribution >= 4 is 63.7 Å². The lowest BCUT2D eigenvalue weighted by Gasteiger charge is -2.47. The van der Waals surface area contributed by atoms with Gasteiger partial charge < -0.3 is 9.80 Å². The smallest absolute Gasteiger partial charge is 0.206 e. The van der Waals surface area contributed by atoms with Crippen LogP contribution in [0.5, 0.6) is 0 Å². The Balaban J connectivity index is 0.000000182. The van der Waals surface area contributed by atoms with Crippen molar-refractivity contribution in [1.29, 1.82) is 0 Å². The Morgan fingerprint density at radius 2 is 1.13 bits per heavy atom. The molecule has 1 N–H and O–H groups in total. The number of halogens is 6. The van der Waals surface area contributed by atoms with E-state index in [0.717, 1.165) is 121 Å². The van der Waals surface area contributed by atoms with E-state index in [9.17, 15) is 8.78 Å². The topological polar surface area (TPSA) is 91.1 Å². The van der Waals surface area contributed by atoms with E-state index in [0.29, 0.717) is 80.0 Å². The summed E-state index contributed by atoms with van der Waals surface area (Å²) in [6.45, 7) is 22.3. The molecule has 67 heavy (non-hydrogen) atoms. The van der Waals surface area contributed by atoms with Gasteiger partial charge in [-0.15, -0.1) is 0 Å². The number of aromatic amines is 1. The van der Waals surface area contributed by atoms with Crippen molar-refractivity contribution < 1.29 is 8.78 Å². The Bertz CT molecular complexity index is 2460. The first-order valence-corrected chi connectivity index (χ1v) is 24.9. The predicted octanol–water partition coefficient (Wildman–Crippen LogP) is 10.5. The van der Waals surface area contributed by atoms with E-state index in [1.54, 1.807) is 42.7 Å². The van der Waals surface area contributed by atoms with E-state index in [-0.39, 0.29) is 11.6 Å². The number of rotatable bonds is 11. The molecule has 0 unspecified atom stereocenters. The van der Waals surface area contributed by atoms with Crippen molar-refractivity contribution in [1.82, 2.24) is 44.7 Å². The van der Waals surface area contributed by atoms with Gasteiger partial charge in [-0.05, 0) is 101 Å². The van der Waals surface area contributed by atoms with E-state index in [4.69, 9.17) is 53.0 Å². The number of nitrogens with one attached hydrogen (secondary N) is 1. The van der Waals surface area contributed by atoms with Crippen LogP contribution in [0.1, 0.15) is 63.5 Å². The number of pyridine rings is 2. The van der Waals surface area contributed by atoms with Crippen LogP contribution in [0.15, 0.2) is 67.3 Å². The van der Waals surface area contributed by atoms with Gasteiger partial charge in [0.25, 0.3) is 0 Å². The number of piperazine rings is 2. The maximum atomic E-state index is 14.2. The number of hydrogen-bond acceptors (Lipinski definition) is 10. The summed E-state index contributed by atoms with van der Waals surface area (Å²) in [5, 5.41) is 8.81. The van der Waals surface area contributed by atoms with Crippen LogP contribution in [0, 0.1) is 18.2 Å². The highest BCUT2D eigenvalue weighted by molar-refractivity contribution is 6.33. The summed E-state index contributed by atoms with van der Waals surface area (Å²) < 4.78 is 28.4. The minimum absolute atomic E-state index is 0.220. The van der Waals surface area contributed by atoms with Crippen LogP contribution in [0.3, 0.4) is 0 Å². The molecule has 4 aliphatic heterocycles. The van der Waals surface area contributed by atoms with Gasteiger partial charge in [0.05, 0.1) is 16.6 Å². The summed E-state index contributed by atoms with van der Waals surface area (Å²) in [6.07, 6.45) is 11.4. The number of piperidine rings is 2. The molecule has 5 aromatic rings. The van der Waals surface area contributed by atoms with Crippen molar-refractivity contribution in [2.75, 3.05) is 75.2 Å². The Morgan fingerprint density at radius 3 is 1.55 bits per heavy atom. The van der Waals surface area contributed by atoms with Crippen molar-refractivity contribution in [3.63, 3.8) is 0 Å². The second kappa shape index (κ2) is 23.0. The molecule has 9 rings (SSSR count). The second-order valence-electron chi connectivity index (χ2n) is 18.0. The Kier molecular flexibility index (Phi) is 16.9. The molecule has 2 atom stereocenters. The molecule has 0 spiro atoms. The fraction of sp³-hybridized carbons (Fsp3) is 0.490. The molecule has 0 saturated carbocycles. The van der Waals surface area contributed by atoms with Gasteiger partial charge in [0.1, 0.15) is 29.6 Å². The molecule has 0 aliphatic carbocycles.